The first kappa shape index (κ1) is 21.5. The van der Waals surface area contributed by atoms with Gasteiger partial charge in [-0.2, -0.15) is 5.26 Å². The van der Waals surface area contributed by atoms with Crippen LogP contribution in [0.5, 0.6) is 0 Å². The molecule has 2 aliphatic heterocycles. The third-order valence-corrected chi connectivity index (χ3v) is 6.84. The minimum atomic E-state index is -0.572. The fraction of sp³-hybridized carbons (Fsp3) is 0.542. The number of likely N-dealkylation sites (tertiary alicyclic amines) is 2. The number of nitrogens with two attached hydrogens (primary N) is 1. The molecule has 2 aliphatic rings. The summed E-state index contributed by atoms with van der Waals surface area (Å²) in [4.78, 5) is 21.9. The van der Waals surface area contributed by atoms with Gasteiger partial charge < -0.3 is 15.2 Å². The number of nitriles is 1. The molecule has 3 heterocycles. The molecule has 2 fully saturated rings. The standard InChI is InChI=1S/C24H32N6O/c1-2-19-8-11-28(15-19)17-24(26)9-3-10-30(24)23(31)12-22-14-27-18-29(22)16-21-6-4-20(13-25)5-7-21/h4-7,14,18-19H,2-3,8-12,15-17,26H2,1H3/t19?,24-/m1/s1. The predicted octanol–water partition coefficient (Wildman–Crippen LogP) is 2.35. The van der Waals surface area contributed by atoms with E-state index in [1.165, 1.54) is 12.8 Å². The summed E-state index contributed by atoms with van der Waals surface area (Å²) in [5.41, 5.74) is 8.83. The van der Waals surface area contributed by atoms with Gasteiger partial charge in [0.25, 0.3) is 0 Å². The molecule has 2 saturated heterocycles. The SMILES string of the molecule is CCC1CCN(C[C@@]2(N)CCCN2C(=O)Cc2cncn2Cc2ccc(C#N)cc2)C1. The van der Waals surface area contributed by atoms with Gasteiger partial charge in [-0.1, -0.05) is 25.5 Å². The van der Waals surface area contributed by atoms with Crippen molar-refractivity contribution in [3.63, 3.8) is 0 Å². The Kier molecular flexibility index (Phi) is 6.40. The van der Waals surface area contributed by atoms with E-state index in [9.17, 15) is 4.79 Å². The molecule has 1 aromatic heterocycles. The lowest BCUT2D eigenvalue weighted by Gasteiger charge is -2.38. The number of carbonyl (C=O) groups is 1. The highest BCUT2D eigenvalue weighted by atomic mass is 16.2. The first-order valence-corrected chi connectivity index (χ1v) is 11.3. The molecule has 7 nitrogen and oxygen atoms in total. The Labute approximate surface area is 184 Å². The lowest BCUT2D eigenvalue weighted by atomic mass is 10.1. The molecule has 31 heavy (non-hydrogen) atoms. The van der Waals surface area contributed by atoms with Crippen LogP contribution in [0.1, 0.15) is 49.4 Å². The number of hydrogen-bond acceptors (Lipinski definition) is 5. The Morgan fingerprint density at radius 1 is 1.32 bits per heavy atom. The summed E-state index contributed by atoms with van der Waals surface area (Å²) in [6.07, 6.45) is 8.08. The van der Waals surface area contributed by atoms with E-state index in [0.717, 1.165) is 56.2 Å². The average molecular weight is 421 g/mol. The number of aromatic nitrogens is 2. The second-order valence-corrected chi connectivity index (χ2v) is 9.05. The zero-order valence-corrected chi connectivity index (χ0v) is 18.3. The minimum absolute atomic E-state index is 0.0767. The van der Waals surface area contributed by atoms with Crippen LogP contribution < -0.4 is 5.73 Å². The maximum atomic E-state index is 13.3. The molecule has 2 aromatic rings. The maximum Gasteiger partial charge on any atom is 0.230 e. The molecule has 164 valence electrons. The predicted molar refractivity (Wildman–Crippen MR) is 119 cm³/mol. The molecular formula is C24H32N6O. The third kappa shape index (κ3) is 4.81. The molecule has 2 atom stereocenters. The van der Waals surface area contributed by atoms with Crippen LogP contribution in [0.3, 0.4) is 0 Å². The Morgan fingerprint density at radius 2 is 2.13 bits per heavy atom. The first-order chi connectivity index (χ1) is 15.0. The molecule has 1 unspecified atom stereocenters. The summed E-state index contributed by atoms with van der Waals surface area (Å²) >= 11 is 0. The third-order valence-electron chi connectivity index (χ3n) is 6.84. The van der Waals surface area contributed by atoms with E-state index < -0.39 is 5.66 Å². The van der Waals surface area contributed by atoms with E-state index >= 15 is 0 Å². The molecule has 0 radical (unpaired) electrons. The molecular weight excluding hydrogens is 388 g/mol. The normalized spacial score (nSPS) is 23.9. The van der Waals surface area contributed by atoms with Crippen molar-refractivity contribution in [1.29, 1.82) is 5.26 Å². The van der Waals surface area contributed by atoms with E-state index in [1.54, 1.807) is 12.5 Å². The topological polar surface area (TPSA) is 91.2 Å². The Hall–Kier alpha value is -2.69. The van der Waals surface area contributed by atoms with Crippen LogP contribution in [0, 0.1) is 17.2 Å². The van der Waals surface area contributed by atoms with Gasteiger partial charge in [0.15, 0.2) is 0 Å². The fourth-order valence-electron chi connectivity index (χ4n) is 4.98. The molecule has 7 heteroatoms. The monoisotopic (exact) mass is 420 g/mol. The van der Waals surface area contributed by atoms with E-state index in [2.05, 4.69) is 22.9 Å². The van der Waals surface area contributed by atoms with E-state index in [-0.39, 0.29) is 5.91 Å². The number of nitrogens with zero attached hydrogens (tertiary/aromatic N) is 5. The molecule has 1 amide bonds. The lowest BCUT2D eigenvalue weighted by Crippen LogP contribution is -2.60. The van der Waals surface area contributed by atoms with Crippen molar-refractivity contribution in [3.05, 3.63) is 53.6 Å². The minimum Gasteiger partial charge on any atom is -0.330 e. The first-order valence-electron chi connectivity index (χ1n) is 11.3. The van der Waals surface area contributed by atoms with Gasteiger partial charge in [-0.25, -0.2) is 4.98 Å². The lowest BCUT2D eigenvalue weighted by molar-refractivity contribution is -0.135. The summed E-state index contributed by atoms with van der Waals surface area (Å²) in [6, 6.07) is 9.64. The van der Waals surface area contributed by atoms with Gasteiger partial charge in [0.1, 0.15) is 5.66 Å². The molecule has 0 saturated carbocycles. The van der Waals surface area contributed by atoms with E-state index in [4.69, 9.17) is 11.0 Å². The van der Waals surface area contributed by atoms with Gasteiger partial charge >= 0.3 is 0 Å². The zero-order valence-electron chi connectivity index (χ0n) is 18.3. The number of rotatable bonds is 7. The Bertz CT molecular complexity index is 946. The molecule has 1 aromatic carbocycles. The van der Waals surface area contributed by atoms with Gasteiger partial charge in [0.05, 0.1) is 24.4 Å². The quantitative estimate of drug-likeness (QED) is 0.742. The largest absolute Gasteiger partial charge is 0.330 e. The van der Waals surface area contributed by atoms with Crippen molar-refractivity contribution >= 4 is 5.91 Å². The van der Waals surface area contributed by atoms with Crippen LogP contribution in [0.15, 0.2) is 36.8 Å². The summed E-state index contributed by atoms with van der Waals surface area (Å²) in [6.45, 7) is 6.53. The second-order valence-electron chi connectivity index (χ2n) is 9.05. The molecule has 4 rings (SSSR count). The van der Waals surface area contributed by atoms with Crippen molar-refractivity contribution in [2.75, 3.05) is 26.2 Å². The molecule has 2 N–H and O–H groups in total. The van der Waals surface area contributed by atoms with Gasteiger partial charge in [0.2, 0.25) is 5.91 Å². The van der Waals surface area contributed by atoms with Crippen LogP contribution >= 0.6 is 0 Å². The highest BCUT2D eigenvalue weighted by Crippen LogP contribution is 2.29. The number of carbonyl (C=O) groups excluding carboxylic acids is 1. The van der Waals surface area contributed by atoms with Crippen molar-refractivity contribution in [2.24, 2.45) is 11.7 Å². The van der Waals surface area contributed by atoms with Gasteiger partial charge in [-0.05, 0) is 49.4 Å². The highest BCUT2D eigenvalue weighted by molar-refractivity contribution is 5.79. The number of hydrogen-bond donors (Lipinski definition) is 1. The number of benzene rings is 1. The van der Waals surface area contributed by atoms with Gasteiger partial charge in [-0.15, -0.1) is 0 Å². The second kappa shape index (κ2) is 9.21. The van der Waals surface area contributed by atoms with Crippen LogP contribution in [-0.4, -0.2) is 57.1 Å². The summed E-state index contributed by atoms with van der Waals surface area (Å²) < 4.78 is 2.00. The average Bonchev–Trinajstić information content (AvgIpc) is 3.49. The zero-order chi connectivity index (χ0) is 21.8. The van der Waals surface area contributed by atoms with E-state index in [0.29, 0.717) is 18.5 Å². The molecule has 0 aliphatic carbocycles. The van der Waals surface area contributed by atoms with Crippen molar-refractivity contribution in [1.82, 2.24) is 19.4 Å². The summed E-state index contributed by atoms with van der Waals surface area (Å²) in [5.74, 6) is 0.832. The maximum absolute atomic E-state index is 13.3. The molecule has 0 bridgehead atoms. The summed E-state index contributed by atoms with van der Waals surface area (Å²) in [5, 5.41) is 8.97. The van der Waals surface area contributed by atoms with Crippen LogP contribution in [-0.2, 0) is 17.8 Å². The smallest absolute Gasteiger partial charge is 0.230 e. The molecule has 0 spiro atoms. The number of imidazole rings is 1. The van der Waals surface area contributed by atoms with Crippen LogP contribution in [0.2, 0.25) is 0 Å². The number of amides is 1. The Morgan fingerprint density at radius 3 is 2.84 bits per heavy atom. The fourth-order valence-corrected chi connectivity index (χ4v) is 4.98. The Balaban J connectivity index is 1.41. The summed E-state index contributed by atoms with van der Waals surface area (Å²) in [7, 11) is 0. The van der Waals surface area contributed by atoms with Crippen molar-refractivity contribution in [3.8, 4) is 6.07 Å². The van der Waals surface area contributed by atoms with E-state index in [1.807, 2.05) is 33.7 Å². The van der Waals surface area contributed by atoms with Crippen LogP contribution in [0.25, 0.3) is 0 Å². The highest BCUT2D eigenvalue weighted by Gasteiger charge is 2.42. The van der Waals surface area contributed by atoms with Crippen LogP contribution in [0.4, 0.5) is 0 Å². The van der Waals surface area contributed by atoms with Crippen molar-refractivity contribution in [2.45, 2.75) is 51.2 Å². The van der Waals surface area contributed by atoms with Crippen molar-refractivity contribution < 1.29 is 4.79 Å². The van der Waals surface area contributed by atoms with Gasteiger partial charge in [-0.3, -0.25) is 9.69 Å². The van der Waals surface area contributed by atoms with Gasteiger partial charge in [0, 0.05) is 38.1 Å².